The van der Waals surface area contributed by atoms with Crippen molar-refractivity contribution in [1.29, 1.82) is 0 Å². The largest absolute Gasteiger partial charge is 0.389 e. The number of aliphatic hydroxyl groups is 3. The number of aliphatic hydroxyl groups excluding tert-OH is 3. The summed E-state index contributed by atoms with van der Waals surface area (Å²) in [5.74, 6) is 0. The second-order valence-corrected chi connectivity index (χ2v) is 3.32. The fraction of sp³-hybridized carbons (Fsp3) is 1.00. The maximum atomic E-state index is 9.48. The van der Waals surface area contributed by atoms with E-state index < -0.39 is 30.6 Å². The van der Waals surface area contributed by atoms with Crippen LogP contribution in [0.15, 0.2) is 0 Å². The second-order valence-electron chi connectivity index (χ2n) is 3.32. The molecule has 76 valence electrons. The van der Waals surface area contributed by atoms with E-state index in [1.807, 2.05) is 0 Å². The molecule has 13 heavy (non-hydrogen) atoms. The molecule has 0 saturated carbocycles. The molecule has 2 aliphatic rings. The minimum Gasteiger partial charge on any atom is -0.389 e. The molecule has 6 nitrogen and oxygen atoms in total. The van der Waals surface area contributed by atoms with Crippen molar-refractivity contribution in [3.05, 3.63) is 0 Å². The molecule has 0 amide bonds. The number of hydrogen-bond acceptors (Lipinski definition) is 6. The number of hydrogen-bond donors (Lipinski definition) is 3. The van der Waals surface area contributed by atoms with Gasteiger partial charge < -0.3 is 20.1 Å². The maximum Gasteiger partial charge on any atom is 0.162 e. The minimum atomic E-state index is -1.04. The molecule has 0 aromatic heterocycles. The lowest BCUT2D eigenvalue weighted by Gasteiger charge is -2.34. The van der Waals surface area contributed by atoms with E-state index in [1.54, 1.807) is 0 Å². The van der Waals surface area contributed by atoms with Gasteiger partial charge in [0.1, 0.15) is 18.3 Å². The molecule has 2 aliphatic heterocycles. The van der Waals surface area contributed by atoms with E-state index in [0.29, 0.717) is 0 Å². The summed E-state index contributed by atoms with van der Waals surface area (Å²) in [4.78, 5) is 4.89. The number of fused-ring (bicyclic) bond motifs is 2. The fourth-order valence-electron chi connectivity index (χ4n) is 1.81. The Labute approximate surface area is 75.2 Å². The zero-order valence-corrected chi connectivity index (χ0v) is 7.20. The van der Waals surface area contributed by atoms with Crippen molar-refractivity contribution in [3.63, 3.8) is 0 Å². The van der Waals surface area contributed by atoms with Crippen LogP contribution >= 0.6 is 0 Å². The van der Waals surface area contributed by atoms with Gasteiger partial charge in [-0.25, -0.2) is 0 Å². The third-order valence-electron chi connectivity index (χ3n) is 2.54. The Balaban J connectivity index is 2.17. The Morgan fingerprint density at radius 1 is 1.31 bits per heavy atom. The Bertz CT molecular complexity index is 201. The standard InChI is InChI=1S/C7H13NO5/c1-12-8-2-3(9)6-4(10)5(11)7(8)13-6/h3-7,9-11H,2H2,1H3/t3-,4?,5?,6+,7+/m1/s1. The summed E-state index contributed by atoms with van der Waals surface area (Å²) < 4.78 is 5.19. The highest BCUT2D eigenvalue weighted by Gasteiger charge is 2.53. The highest BCUT2D eigenvalue weighted by atomic mass is 16.7. The summed E-state index contributed by atoms with van der Waals surface area (Å²) in [6.07, 6.45) is -4.27. The van der Waals surface area contributed by atoms with E-state index in [2.05, 4.69) is 0 Å². The van der Waals surface area contributed by atoms with Gasteiger partial charge >= 0.3 is 0 Å². The van der Waals surface area contributed by atoms with Crippen LogP contribution in [-0.2, 0) is 9.57 Å². The van der Waals surface area contributed by atoms with Crippen molar-refractivity contribution in [2.45, 2.75) is 30.6 Å². The normalized spacial score (nSPS) is 51.2. The molecule has 2 rings (SSSR count). The number of ether oxygens (including phenoxy) is 1. The fourth-order valence-corrected chi connectivity index (χ4v) is 1.81. The van der Waals surface area contributed by atoms with Gasteiger partial charge in [-0.2, -0.15) is 5.06 Å². The smallest absolute Gasteiger partial charge is 0.162 e. The van der Waals surface area contributed by atoms with Gasteiger partial charge in [-0.15, -0.1) is 0 Å². The lowest BCUT2D eigenvalue weighted by atomic mass is 10.1. The second kappa shape index (κ2) is 3.16. The summed E-state index contributed by atoms with van der Waals surface area (Å²) in [7, 11) is 1.42. The number of hydroxylamine groups is 2. The summed E-state index contributed by atoms with van der Waals surface area (Å²) >= 11 is 0. The number of rotatable bonds is 1. The Kier molecular flexibility index (Phi) is 2.26. The third-order valence-corrected chi connectivity index (χ3v) is 2.54. The van der Waals surface area contributed by atoms with E-state index in [4.69, 9.17) is 9.57 Å². The highest BCUT2D eigenvalue weighted by Crippen LogP contribution is 2.31. The van der Waals surface area contributed by atoms with Crippen LogP contribution in [0, 0.1) is 0 Å². The molecule has 2 fully saturated rings. The van der Waals surface area contributed by atoms with Crippen molar-refractivity contribution >= 4 is 0 Å². The Morgan fingerprint density at radius 3 is 2.62 bits per heavy atom. The van der Waals surface area contributed by atoms with Crippen molar-refractivity contribution in [1.82, 2.24) is 5.06 Å². The van der Waals surface area contributed by atoms with Gasteiger partial charge in [0.05, 0.1) is 19.8 Å². The first-order chi connectivity index (χ1) is 6.15. The van der Waals surface area contributed by atoms with E-state index in [0.717, 1.165) is 0 Å². The van der Waals surface area contributed by atoms with E-state index in [-0.39, 0.29) is 6.54 Å². The molecule has 6 heteroatoms. The van der Waals surface area contributed by atoms with Crippen LogP contribution in [0.4, 0.5) is 0 Å². The van der Waals surface area contributed by atoms with Crippen molar-refractivity contribution < 1.29 is 24.9 Å². The van der Waals surface area contributed by atoms with Crippen LogP contribution in [0.2, 0.25) is 0 Å². The third kappa shape index (κ3) is 1.26. The molecular formula is C7H13NO5. The summed E-state index contributed by atoms with van der Waals surface area (Å²) in [5, 5.41) is 29.7. The SMILES string of the molecule is CON1C[C@@H](O)[C@@H]2O[C@H]1C(O)C2O. The quantitative estimate of drug-likeness (QED) is 0.431. The highest BCUT2D eigenvalue weighted by molar-refractivity contribution is 4.97. The molecule has 2 saturated heterocycles. The molecule has 2 heterocycles. The van der Waals surface area contributed by atoms with Crippen LogP contribution in [-0.4, -0.2) is 64.7 Å². The van der Waals surface area contributed by atoms with Crippen molar-refractivity contribution in [2.75, 3.05) is 13.7 Å². The first kappa shape index (κ1) is 9.32. The van der Waals surface area contributed by atoms with Gasteiger partial charge in [-0.1, -0.05) is 0 Å². The molecule has 0 spiro atoms. The summed E-state index contributed by atoms with van der Waals surface area (Å²) in [6, 6.07) is 0. The molecule has 0 aliphatic carbocycles. The first-order valence-electron chi connectivity index (χ1n) is 4.15. The lowest BCUT2D eigenvalue weighted by molar-refractivity contribution is -0.290. The van der Waals surface area contributed by atoms with Crippen LogP contribution in [0.1, 0.15) is 0 Å². The Hall–Kier alpha value is -0.240. The zero-order valence-electron chi connectivity index (χ0n) is 7.20. The zero-order chi connectivity index (χ0) is 9.59. The molecule has 2 unspecified atom stereocenters. The van der Waals surface area contributed by atoms with E-state index in [1.165, 1.54) is 12.2 Å². The molecule has 0 aromatic rings. The molecule has 2 bridgehead atoms. The predicted octanol–water partition coefficient (Wildman–Crippen LogP) is -2.33. The van der Waals surface area contributed by atoms with Gasteiger partial charge in [0, 0.05) is 0 Å². The van der Waals surface area contributed by atoms with Crippen LogP contribution < -0.4 is 0 Å². The predicted molar refractivity (Wildman–Crippen MR) is 40.4 cm³/mol. The van der Waals surface area contributed by atoms with Gasteiger partial charge in [-0.3, -0.25) is 4.84 Å². The Morgan fingerprint density at radius 2 is 2.00 bits per heavy atom. The van der Waals surface area contributed by atoms with Crippen LogP contribution in [0.5, 0.6) is 0 Å². The van der Waals surface area contributed by atoms with Crippen molar-refractivity contribution in [2.24, 2.45) is 0 Å². The number of β-amino-alcohol motifs (C(OH)–C–C–N with tert-alkyl or cyclic N) is 1. The van der Waals surface area contributed by atoms with Gasteiger partial charge in [0.15, 0.2) is 6.23 Å². The van der Waals surface area contributed by atoms with Crippen molar-refractivity contribution in [3.8, 4) is 0 Å². The molecule has 3 N–H and O–H groups in total. The molecule has 0 radical (unpaired) electrons. The summed E-state index contributed by atoms with van der Waals surface area (Å²) in [5.41, 5.74) is 0. The molecular weight excluding hydrogens is 178 g/mol. The minimum absolute atomic E-state index is 0.236. The topological polar surface area (TPSA) is 82.4 Å². The van der Waals surface area contributed by atoms with E-state index in [9.17, 15) is 15.3 Å². The monoisotopic (exact) mass is 191 g/mol. The summed E-state index contributed by atoms with van der Waals surface area (Å²) in [6.45, 7) is 0.236. The number of nitrogens with zero attached hydrogens (tertiary/aromatic N) is 1. The molecule has 0 aromatic carbocycles. The first-order valence-corrected chi connectivity index (χ1v) is 4.15. The van der Waals surface area contributed by atoms with E-state index >= 15 is 0 Å². The molecule has 5 atom stereocenters. The average molecular weight is 191 g/mol. The van der Waals surface area contributed by atoms with Gasteiger partial charge in [0.2, 0.25) is 0 Å². The lowest BCUT2D eigenvalue weighted by Crippen LogP contribution is -2.50. The van der Waals surface area contributed by atoms with Gasteiger partial charge in [-0.05, 0) is 0 Å². The maximum absolute atomic E-state index is 9.48. The average Bonchev–Trinajstić information content (AvgIpc) is 2.38. The van der Waals surface area contributed by atoms with Gasteiger partial charge in [0.25, 0.3) is 0 Å². The van der Waals surface area contributed by atoms with Crippen LogP contribution in [0.3, 0.4) is 0 Å². The van der Waals surface area contributed by atoms with Crippen LogP contribution in [0.25, 0.3) is 0 Å².